The van der Waals surface area contributed by atoms with Crippen molar-refractivity contribution in [2.75, 3.05) is 0 Å². The number of aliphatic hydroxyl groups is 2. The monoisotopic (exact) mass is 562 g/mol. The van der Waals surface area contributed by atoms with Gasteiger partial charge in [-0.15, -0.1) is 10.1 Å². The SMILES string of the molecule is CC(C)n1c(C=C[C@H](O)C[C@H](O)CC(=O)Oc2ccc(CO[N+](=O)[O-])cc2)c(-c2ccc(F)cc2)c2ccccc21. The fourth-order valence-corrected chi connectivity index (χ4v) is 4.71. The van der Waals surface area contributed by atoms with E-state index in [1.54, 1.807) is 24.3 Å². The van der Waals surface area contributed by atoms with Crippen LogP contribution in [0.4, 0.5) is 4.39 Å². The lowest BCUT2D eigenvalue weighted by atomic mass is 10.0. The Balaban J connectivity index is 1.45. The number of hydrogen-bond acceptors (Lipinski definition) is 7. The Morgan fingerprint density at radius 2 is 1.73 bits per heavy atom. The summed E-state index contributed by atoms with van der Waals surface area (Å²) in [6, 6.07) is 20.2. The summed E-state index contributed by atoms with van der Waals surface area (Å²) in [5.41, 5.74) is 4.08. The number of para-hydroxylation sites is 1. The van der Waals surface area contributed by atoms with Crippen molar-refractivity contribution in [3.8, 4) is 16.9 Å². The lowest BCUT2D eigenvalue weighted by molar-refractivity contribution is -0.763. The topological polar surface area (TPSA) is 124 Å². The number of carbonyl (C=O) groups excluding carboxylic acids is 1. The largest absolute Gasteiger partial charge is 0.426 e. The van der Waals surface area contributed by atoms with E-state index in [0.29, 0.717) is 5.56 Å². The van der Waals surface area contributed by atoms with Crippen molar-refractivity contribution in [3.05, 3.63) is 106 Å². The van der Waals surface area contributed by atoms with Crippen LogP contribution in [-0.2, 0) is 16.2 Å². The van der Waals surface area contributed by atoms with Crippen molar-refractivity contribution in [2.45, 2.75) is 51.5 Å². The van der Waals surface area contributed by atoms with Gasteiger partial charge >= 0.3 is 5.97 Å². The molecule has 0 saturated carbocycles. The smallest absolute Gasteiger partial charge is 0.313 e. The molecular formula is C31H31FN2O7. The average molecular weight is 563 g/mol. The number of carbonyl (C=O) groups is 1. The first-order valence-corrected chi connectivity index (χ1v) is 13.1. The molecule has 1 heterocycles. The number of aliphatic hydroxyl groups excluding tert-OH is 2. The van der Waals surface area contributed by atoms with Gasteiger partial charge in [-0.1, -0.05) is 48.5 Å². The van der Waals surface area contributed by atoms with Crippen LogP contribution >= 0.6 is 0 Å². The van der Waals surface area contributed by atoms with E-state index < -0.39 is 23.3 Å². The molecule has 3 aromatic carbocycles. The van der Waals surface area contributed by atoms with Gasteiger partial charge < -0.3 is 24.4 Å². The number of benzene rings is 3. The Labute approximate surface area is 236 Å². The van der Waals surface area contributed by atoms with E-state index in [2.05, 4.69) is 23.3 Å². The fraction of sp³-hybridized carbons (Fsp3) is 0.258. The third-order valence-corrected chi connectivity index (χ3v) is 6.48. The van der Waals surface area contributed by atoms with Gasteiger partial charge in [0.1, 0.15) is 18.2 Å². The molecule has 0 bridgehead atoms. The van der Waals surface area contributed by atoms with Crippen LogP contribution in [0, 0.1) is 15.9 Å². The summed E-state index contributed by atoms with van der Waals surface area (Å²) in [5.74, 6) is -0.815. The zero-order chi connectivity index (χ0) is 29.5. The number of rotatable bonds is 12. The van der Waals surface area contributed by atoms with Crippen molar-refractivity contribution in [2.24, 2.45) is 0 Å². The second-order valence-corrected chi connectivity index (χ2v) is 9.88. The first-order valence-electron chi connectivity index (χ1n) is 13.1. The second kappa shape index (κ2) is 13.2. The number of fused-ring (bicyclic) bond motifs is 1. The quantitative estimate of drug-likeness (QED) is 0.0960. The van der Waals surface area contributed by atoms with Crippen LogP contribution in [0.5, 0.6) is 5.75 Å². The zero-order valence-electron chi connectivity index (χ0n) is 22.6. The van der Waals surface area contributed by atoms with E-state index in [9.17, 15) is 29.5 Å². The molecule has 0 aliphatic carbocycles. The van der Waals surface area contributed by atoms with Crippen molar-refractivity contribution in [1.29, 1.82) is 0 Å². The predicted molar refractivity (Wildman–Crippen MR) is 152 cm³/mol. The number of halogens is 1. The molecule has 0 amide bonds. The Kier molecular flexibility index (Phi) is 9.49. The normalized spacial score (nSPS) is 13.0. The predicted octanol–water partition coefficient (Wildman–Crippen LogP) is 5.86. The van der Waals surface area contributed by atoms with Gasteiger partial charge in [-0.25, -0.2) is 4.39 Å². The minimum atomic E-state index is -1.16. The van der Waals surface area contributed by atoms with Crippen molar-refractivity contribution < 1.29 is 34.1 Å². The highest BCUT2D eigenvalue weighted by Gasteiger charge is 2.20. The van der Waals surface area contributed by atoms with Crippen LogP contribution in [0.15, 0.2) is 78.9 Å². The molecule has 2 atom stereocenters. The minimum Gasteiger partial charge on any atom is -0.426 e. The highest BCUT2D eigenvalue weighted by molar-refractivity contribution is 6.01. The van der Waals surface area contributed by atoms with Crippen LogP contribution in [0.25, 0.3) is 28.1 Å². The molecule has 2 N–H and O–H groups in total. The number of nitrogens with zero attached hydrogens (tertiary/aromatic N) is 2. The van der Waals surface area contributed by atoms with Gasteiger partial charge in [-0.05, 0) is 61.4 Å². The van der Waals surface area contributed by atoms with Crippen LogP contribution in [-0.4, -0.2) is 38.0 Å². The van der Waals surface area contributed by atoms with Gasteiger partial charge in [0.05, 0.1) is 18.6 Å². The van der Waals surface area contributed by atoms with E-state index in [1.807, 2.05) is 24.3 Å². The molecule has 4 rings (SSSR count). The summed E-state index contributed by atoms with van der Waals surface area (Å²) in [7, 11) is 0. The molecule has 9 nitrogen and oxygen atoms in total. The Morgan fingerprint density at radius 1 is 1.05 bits per heavy atom. The maximum Gasteiger partial charge on any atom is 0.313 e. The third-order valence-electron chi connectivity index (χ3n) is 6.48. The zero-order valence-corrected chi connectivity index (χ0v) is 22.6. The first-order chi connectivity index (χ1) is 19.6. The van der Waals surface area contributed by atoms with Crippen molar-refractivity contribution in [3.63, 3.8) is 0 Å². The average Bonchev–Trinajstić information content (AvgIpc) is 3.26. The second-order valence-electron chi connectivity index (χ2n) is 9.88. The van der Waals surface area contributed by atoms with Crippen LogP contribution in [0.2, 0.25) is 0 Å². The summed E-state index contributed by atoms with van der Waals surface area (Å²) in [6.45, 7) is 3.88. The number of ether oxygens (including phenoxy) is 1. The van der Waals surface area contributed by atoms with E-state index in [0.717, 1.165) is 27.7 Å². The number of aromatic nitrogens is 1. The summed E-state index contributed by atoms with van der Waals surface area (Å²) in [4.78, 5) is 26.9. The van der Waals surface area contributed by atoms with Crippen LogP contribution < -0.4 is 4.74 Å². The maximum atomic E-state index is 13.7. The molecule has 10 heteroatoms. The summed E-state index contributed by atoms with van der Waals surface area (Å²) >= 11 is 0. The standard InChI is InChI=1S/C31H31FN2O7/c1-20(2)33-28-6-4-3-5-27(28)31(22-9-11-23(32)12-10-22)29(33)16-13-24(35)17-25(36)18-30(37)41-26-14-7-21(8-15-26)19-40-34(38)39/h3-16,20,24-25,35-36H,17-19H2,1-2H3/t24-,25-/m0/s1. The molecule has 214 valence electrons. The van der Waals surface area contributed by atoms with Gasteiger partial charge in [-0.3, -0.25) is 4.79 Å². The molecule has 4 aromatic rings. The molecule has 0 saturated heterocycles. The Morgan fingerprint density at radius 3 is 2.39 bits per heavy atom. The molecule has 1 aromatic heterocycles. The summed E-state index contributed by atoms with van der Waals surface area (Å²) in [5, 5.41) is 31.5. The van der Waals surface area contributed by atoms with Gasteiger partial charge in [0.15, 0.2) is 0 Å². The minimum absolute atomic E-state index is 0.0842. The van der Waals surface area contributed by atoms with Gasteiger partial charge in [0.25, 0.3) is 5.09 Å². The van der Waals surface area contributed by atoms with E-state index in [-0.39, 0.29) is 37.1 Å². The van der Waals surface area contributed by atoms with Gasteiger partial charge in [0.2, 0.25) is 0 Å². The maximum absolute atomic E-state index is 13.7. The molecule has 0 radical (unpaired) electrons. The van der Waals surface area contributed by atoms with Crippen LogP contribution in [0.3, 0.4) is 0 Å². The highest BCUT2D eigenvalue weighted by Crippen LogP contribution is 2.38. The molecule has 0 spiro atoms. The summed E-state index contributed by atoms with van der Waals surface area (Å²) < 4.78 is 21.0. The van der Waals surface area contributed by atoms with Gasteiger partial charge in [0, 0.05) is 34.6 Å². The van der Waals surface area contributed by atoms with Crippen LogP contribution in [0.1, 0.15) is 44.0 Å². The Hall–Kier alpha value is -4.54. The fourth-order valence-electron chi connectivity index (χ4n) is 4.71. The van der Waals surface area contributed by atoms with Crippen molar-refractivity contribution >= 4 is 22.9 Å². The van der Waals surface area contributed by atoms with Crippen molar-refractivity contribution in [1.82, 2.24) is 4.57 Å². The lowest BCUT2D eigenvalue weighted by Crippen LogP contribution is -2.22. The molecule has 0 fully saturated rings. The lowest BCUT2D eigenvalue weighted by Gasteiger charge is -2.15. The van der Waals surface area contributed by atoms with Gasteiger partial charge in [-0.2, -0.15) is 0 Å². The highest BCUT2D eigenvalue weighted by atomic mass is 19.1. The molecule has 0 aliphatic rings. The Bertz CT molecular complexity index is 1530. The number of hydrogen-bond donors (Lipinski definition) is 2. The summed E-state index contributed by atoms with van der Waals surface area (Å²) in [6.07, 6.45) is 0.695. The molecule has 0 aliphatic heterocycles. The third kappa shape index (κ3) is 7.56. The van der Waals surface area contributed by atoms with E-state index in [4.69, 9.17) is 4.74 Å². The van der Waals surface area contributed by atoms with E-state index >= 15 is 0 Å². The molecule has 0 unspecified atom stereocenters. The molecule has 41 heavy (non-hydrogen) atoms. The molecular weight excluding hydrogens is 531 g/mol. The number of esters is 1. The van der Waals surface area contributed by atoms with E-state index in [1.165, 1.54) is 36.4 Å². The first kappa shape index (κ1) is 29.4.